The standard InChI is InChI=1S/C27H29F3N4O4/c1-26(2,3)38-25(36)32-22-16-33(15-21(22)27(28,29)30)23-10-9-19(14-31-23)34-12-11-20(13-24(34)35)37-17-18-7-5-4-6-8-18/h4-14,21-22H,15-17H2,1-3H3,(H,32,36)/t21-,22-/m1/s1. The van der Waals surface area contributed by atoms with Gasteiger partial charge in [-0.2, -0.15) is 13.2 Å². The first-order chi connectivity index (χ1) is 17.9. The van der Waals surface area contributed by atoms with Crippen LogP contribution in [0.1, 0.15) is 26.3 Å². The molecule has 8 nitrogen and oxygen atoms in total. The number of halogens is 3. The number of alkyl halides is 3. The molecule has 0 radical (unpaired) electrons. The highest BCUT2D eigenvalue weighted by molar-refractivity contribution is 5.68. The number of nitrogens with one attached hydrogen (secondary N) is 1. The second kappa shape index (κ2) is 10.8. The zero-order chi connectivity index (χ0) is 27.5. The number of carbonyl (C=O) groups excluding carboxylic acids is 1. The second-order valence-corrected chi connectivity index (χ2v) is 10.0. The van der Waals surface area contributed by atoms with E-state index in [1.807, 2.05) is 30.3 Å². The molecule has 0 saturated carbocycles. The first kappa shape index (κ1) is 27.0. The zero-order valence-corrected chi connectivity index (χ0v) is 21.2. The van der Waals surface area contributed by atoms with Crippen LogP contribution in [0.25, 0.3) is 5.69 Å². The summed E-state index contributed by atoms with van der Waals surface area (Å²) in [4.78, 5) is 30.5. The van der Waals surface area contributed by atoms with Crippen LogP contribution < -0.4 is 20.5 Å². The number of hydrogen-bond donors (Lipinski definition) is 1. The maximum atomic E-state index is 13.7. The van der Waals surface area contributed by atoms with Crippen molar-refractivity contribution in [1.29, 1.82) is 0 Å². The van der Waals surface area contributed by atoms with Gasteiger partial charge in [0.2, 0.25) is 0 Å². The molecular formula is C27H29F3N4O4. The molecule has 0 spiro atoms. The summed E-state index contributed by atoms with van der Waals surface area (Å²) >= 11 is 0. The second-order valence-electron chi connectivity index (χ2n) is 10.0. The summed E-state index contributed by atoms with van der Waals surface area (Å²) in [5.74, 6) is -1.08. The number of alkyl carbamates (subject to hydrolysis) is 1. The van der Waals surface area contributed by atoms with Gasteiger partial charge in [-0.15, -0.1) is 0 Å². The van der Waals surface area contributed by atoms with Crippen molar-refractivity contribution in [2.24, 2.45) is 5.92 Å². The van der Waals surface area contributed by atoms with Gasteiger partial charge in [-0.25, -0.2) is 9.78 Å². The van der Waals surface area contributed by atoms with Crippen molar-refractivity contribution in [3.8, 4) is 11.4 Å². The maximum absolute atomic E-state index is 13.7. The quantitative estimate of drug-likeness (QED) is 0.497. The summed E-state index contributed by atoms with van der Waals surface area (Å²) in [6.07, 6.45) is -2.46. The molecule has 2 atom stereocenters. The number of rotatable bonds is 6. The Morgan fingerprint density at radius 2 is 1.82 bits per heavy atom. The predicted molar refractivity (Wildman–Crippen MR) is 136 cm³/mol. The molecule has 1 amide bonds. The highest BCUT2D eigenvalue weighted by Crippen LogP contribution is 2.35. The van der Waals surface area contributed by atoms with E-state index in [1.165, 1.54) is 21.7 Å². The lowest BCUT2D eigenvalue weighted by Crippen LogP contribution is -2.47. The van der Waals surface area contributed by atoms with Crippen LogP contribution in [0.3, 0.4) is 0 Å². The fraction of sp³-hybridized carbons (Fsp3) is 0.370. The first-order valence-corrected chi connectivity index (χ1v) is 12.1. The molecule has 2 aromatic heterocycles. The Balaban J connectivity index is 1.44. The van der Waals surface area contributed by atoms with Gasteiger partial charge < -0.3 is 19.7 Å². The van der Waals surface area contributed by atoms with E-state index in [-0.39, 0.29) is 18.6 Å². The van der Waals surface area contributed by atoms with Gasteiger partial charge in [0.1, 0.15) is 23.8 Å². The fourth-order valence-electron chi connectivity index (χ4n) is 4.14. The highest BCUT2D eigenvalue weighted by Gasteiger charge is 2.51. The Morgan fingerprint density at radius 1 is 1.08 bits per heavy atom. The summed E-state index contributed by atoms with van der Waals surface area (Å²) in [5.41, 5.74) is 0.237. The normalized spacial score (nSPS) is 17.8. The van der Waals surface area contributed by atoms with E-state index in [4.69, 9.17) is 9.47 Å². The van der Waals surface area contributed by atoms with E-state index in [0.29, 0.717) is 23.9 Å². The lowest BCUT2D eigenvalue weighted by atomic mass is 10.0. The summed E-state index contributed by atoms with van der Waals surface area (Å²) in [6, 6.07) is 14.5. The highest BCUT2D eigenvalue weighted by atomic mass is 19.4. The monoisotopic (exact) mass is 530 g/mol. The molecule has 202 valence electrons. The lowest BCUT2D eigenvalue weighted by molar-refractivity contribution is -0.173. The molecule has 3 aromatic rings. The topological polar surface area (TPSA) is 85.7 Å². The van der Waals surface area contributed by atoms with Crippen LogP contribution >= 0.6 is 0 Å². The molecule has 1 aromatic carbocycles. The average molecular weight is 531 g/mol. The smallest absolute Gasteiger partial charge is 0.407 e. The first-order valence-electron chi connectivity index (χ1n) is 12.1. The van der Waals surface area contributed by atoms with Crippen molar-refractivity contribution < 1.29 is 27.4 Å². The number of carbonyl (C=O) groups is 1. The average Bonchev–Trinajstić information content (AvgIpc) is 3.27. The molecule has 1 fully saturated rings. The van der Waals surface area contributed by atoms with Gasteiger partial charge in [0.25, 0.3) is 5.56 Å². The van der Waals surface area contributed by atoms with E-state index >= 15 is 0 Å². The Bertz CT molecular complexity index is 1300. The van der Waals surface area contributed by atoms with Crippen molar-refractivity contribution in [2.75, 3.05) is 18.0 Å². The van der Waals surface area contributed by atoms with Gasteiger partial charge in [-0.3, -0.25) is 9.36 Å². The Hall–Kier alpha value is -4.02. The van der Waals surface area contributed by atoms with Crippen LogP contribution in [-0.2, 0) is 11.3 Å². The van der Waals surface area contributed by atoms with Crippen molar-refractivity contribution in [3.05, 3.63) is 82.9 Å². The Kier molecular flexibility index (Phi) is 7.66. The molecule has 11 heteroatoms. The fourth-order valence-corrected chi connectivity index (χ4v) is 4.14. The molecule has 38 heavy (non-hydrogen) atoms. The minimum atomic E-state index is -4.52. The van der Waals surface area contributed by atoms with Gasteiger partial charge in [0.05, 0.1) is 23.8 Å². The number of anilines is 1. The minimum Gasteiger partial charge on any atom is -0.489 e. The van der Waals surface area contributed by atoms with Crippen molar-refractivity contribution in [1.82, 2.24) is 14.9 Å². The summed E-state index contributed by atoms with van der Waals surface area (Å²) in [5, 5.41) is 2.35. The van der Waals surface area contributed by atoms with Gasteiger partial charge in [-0.05, 0) is 44.5 Å². The predicted octanol–water partition coefficient (Wildman–Crippen LogP) is 4.70. The largest absolute Gasteiger partial charge is 0.489 e. The minimum absolute atomic E-state index is 0.0941. The van der Waals surface area contributed by atoms with Crippen molar-refractivity contribution >= 4 is 11.9 Å². The van der Waals surface area contributed by atoms with E-state index < -0.39 is 29.8 Å². The summed E-state index contributed by atoms with van der Waals surface area (Å²) in [6.45, 7) is 4.76. The maximum Gasteiger partial charge on any atom is 0.407 e. The van der Waals surface area contributed by atoms with Crippen LogP contribution in [-0.4, -0.2) is 46.6 Å². The summed E-state index contributed by atoms with van der Waals surface area (Å²) < 4.78 is 53.3. The van der Waals surface area contributed by atoms with E-state index in [1.54, 1.807) is 45.2 Å². The third-order valence-electron chi connectivity index (χ3n) is 5.92. The molecule has 1 aliphatic rings. The molecule has 1 aliphatic heterocycles. The molecule has 0 bridgehead atoms. The van der Waals surface area contributed by atoms with Gasteiger partial charge in [-0.1, -0.05) is 30.3 Å². The number of aromatic nitrogens is 2. The van der Waals surface area contributed by atoms with Crippen LogP contribution in [0.2, 0.25) is 0 Å². The van der Waals surface area contributed by atoms with Gasteiger partial charge in [0.15, 0.2) is 0 Å². The van der Waals surface area contributed by atoms with Crippen LogP contribution in [0, 0.1) is 5.92 Å². The van der Waals surface area contributed by atoms with Crippen LogP contribution in [0.15, 0.2) is 71.8 Å². The SMILES string of the molecule is CC(C)(C)OC(=O)N[C@@H]1CN(c2ccc(-n3ccc(OCc4ccccc4)cc3=O)cn2)C[C@H]1C(F)(F)F. The Labute approximate surface area is 218 Å². The molecule has 4 rings (SSSR count). The third-order valence-corrected chi connectivity index (χ3v) is 5.92. The molecule has 3 heterocycles. The lowest BCUT2D eigenvalue weighted by Gasteiger charge is -2.25. The van der Waals surface area contributed by atoms with Gasteiger partial charge in [0, 0.05) is 25.4 Å². The number of ether oxygens (including phenoxy) is 2. The molecule has 1 saturated heterocycles. The van der Waals surface area contributed by atoms with Crippen molar-refractivity contribution in [2.45, 2.75) is 45.2 Å². The van der Waals surface area contributed by atoms with Crippen LogP contribution in [0.4, 0.5) is 23.8 Å². The number of hydrogen-bond acceptors (Lipinski definition) is 6. The Morgan fingerprint density at radius 3 is 2.42 bits per heavy atom. The van der Waals surface area contributed by atoms with E-state index in [9.17, 15) is 22.8 Å². The summed E-state index contributed by atoms with van der Waals surface area (Å²) in [7, 11) is 0. The third kappa shape index (κ3) is 6.84. The van der Waals surface area contributed by atoms with E-state index in [2.05, 4.69) is 10.3 Å². The molecular weight excluding hydrogens is 501 g/mol. The number of pyridine rings is 2. The number of benzene rings is 1. The molecule has 0 unspecified atom stereocenters. The number of amides is 1. The van der Waals surface area contributed by atoms with Crippen LogP contribution in [0.5, 0.6) is 5.75 Å². The molecule has 0 aliphatic carbocycles. The number of nitrogens with zero attached hydrogens (tertiary/aromatic N) is 3. The van der Waals surface area contributed by atoms with E-state index in [0.717, 1.165) is 5.56 Å². The zero-order valence-electron chi connectivity index (χ0n) is 21.2. The van der Waals surface area contributed by atoms with Crippen molar-refractivity contribution in [3.63, 3.8) is 0 Å². The van der Waals surface area contributed by atoms with Gasteiger partial charge >= 0.3 is 12.3 Å². The molecule has 1 N–H and O–H groups in total.